The minimum atomic E-state index is -0.0324. The van der Waals surface area contributed by atoms with Crippen LogP contribution in [0.15, 0.2) is 48.0 Å². The number of aliphatic hydroxyl groups is 1. The standard InChI is InChI=1S/C25H36N4O.C2H6O.C2H6/c1-5-7-19-8-11-21(12-9-19)28-25-27-17-20(14-15-30)24(29(25)4)22-13-10-18(6-2)16-23(22)26-3;1-3-2;1-2/h8-13,16,25-28,30H,5-7,14-15,17H2,1-4H3;1-2H3;1-2H3. The molecule has 0 saturated carbocycles. The van der Waals surface area contributed by atoms with Crippen LogP contribution in [0.5, 0.6) is 0 Å². The van der Waals surface area contributed by atoms with Gasteiger partial charge in [-0.3, -0.25) is 5.32 Å². The van der Waals surface area contributed by atoms with Gasteiger partial charge in [-0.1, -0.05) is 58.4 Å². The van der Waals surface area contributed by atoms with Crippen LogP contribution in [-0.4, -0.2) is 57.8 Å². The van der Waals surface area contributed by atoms with Gasteiger partial charge in [0.2, 0.25) is 0 Å². The molecule has 1 aliphatic heterocycles. The van der Waals surface area contributed by atoms with E-state index in [0.29, 0.717) is 6.42 Å². The van der Waals surface area contributed by atoms with Crippen LogP contribution in [0, 0.1) is 0 Å². The molecule has 0 aliphatic carbocycles. The zero-order valence-electron chi connectivity index (χ0n) is 23.2. The molecule has 0 radical (unpaired) electrons. The second kappa shape index (κ2) is 17.0. The van der Waals surface area contributed by atoms with Crippen molar-refractivity contribution in [3.63, 3.8) is 0 Å². The topological polar surface area (TPSA) is 68.8 Å². The van der Waals surface area contributed by atoms with Crippen LogP contribution < -0.4 is 16.0 Å². The third-order valence-corrected chi connectivity index (χ3v) is 5.81. The molecule has 6 heteroatoms. The number of benzene rings is 2. The fourth-order valence-corrected chi connectivity index (χ4v) is 4.13. The van der Waals surface area contributed by atoms with Gasteiger partial charge in [0.15, 0.2) is 6.29 Å². The summed E-state index contributed by atoms with van der Waals surface area (Å²) in [5.74, 6) is 0. The quantitative estimate of drug-likeness (QED) is 0.374. The van der Waals surface area contributed by atoms with E-state index < -0.39 is 0 Å². The van der Waals surface area contributed by atoms with E-state index in [1.165, 1.54) is 28.0 Å². The van der Waals surface area contributed by atoms with Gasteiger partial charge in [0, 0.05) is 64.1 Å². The van der Waals surface area contributed by atoms with E-state index in [9.17, 15) is 5.11 Å². The summed E-state index contributed by atoms with van der Waals surface area (Å²) < 4.78 is 4.25. The first-order valence-corrected chi connectivity index (χ1v) is 12.9. The van der Waals surface area contributed by atoms with Gasteiger partial charge in [-0.15, -0.1) is 0 Å². The van der Waals surface area contributed by atoms with E-state index in [1.807, 2.05) is 20.9 Å². The predicted molar refractivity (Wildman–Crippen MR) is 152 cm³/mol. The molecule has 4 N–H and O–H groups in total. The molecule has 2 aromatic carbocycles. The smallest absolute Gasteiger partial charge is 0.155 e. The summed E-state index contributed by atoms with van der Waals surface area (Å²) in [6.07, 6.45) is 3.90. The maximum atomic E-state index is 9.64. The van der Waals surface area contributed by atoms with Crippen molar-refractivity contribution in [2.75, 3.05) is 52.1 Å². The number of hydrogen-bond acceptors (Lipinski definition) is 6. The molecular weight excluding hydrogens is 436 g/mol. The normalized spacial score (nSPS) is 15.0. The van der Waals surface area contributed by atoms with Crippen LogP contribution in [0.4, 0.5) is 11.4 Å². The average molecular weight is 485 g/mol. The van der Waals surface area contributed by atoms with Crippen LogP contribution in [0.2, 0.25) is 0 Å². The molecule has 0 bridgehead atoms. The number of methoxy groups -OCH3 is 1. The Morgan fingerprint density at radius 1 is 1.03 bits per heavy atom. The number of ether oxygens (including phenoxy) is 1. The van der Waals surface area contributed by atoms with Crippen LogP contribution in [0.25, 0.3) is 5.70 Å². The first-order chi connectivity index (χ1) is 17.0. The molecule has 3 rings (SSSR count). The minimum Gasteiger partial charge on any atom is -0.396 e. The highest BCUT2D eigenvalue weighted by Gasteiger charge is 2.27. The largest absolute Gasteiger partial charge is 0.396 e. The highest BCUT2D eigenvalue weighted by atomic mass is 16.4. The number of nitrogens with zero attached hydrogens (tertiary/aromatic N) is 1. The van der Waals surface area contributed by atoms with E-state index in [0.717, 1.165) is 37.2 Å². The lowest BCUT2D eigenvalue weighted by Crippen LogP contribution is -2.52. The molecule has 2 aromatic rings. The van der Waals surface area contributed by atoms with Crippen molar-refractivity contribution in [2.45, 2.75) is 59.7 Å². The van der Waals surface area contributed by atoms with Crippen LogP contribution >= 0.6 is 0 Å². The van der Waals surface area contributed by atoms with Crippen molar-refractivity contribution in [1.82, 2.24) is 10.2 Å². The summed E-state index contributed by atoms with van der Waals surface area (Å²) in [6.45, 7) is 9.27. The lowest BCUT2D eigenvalue weighted by Gasteiger charge is -2.40. The molecule has 0 aromatic heterocycles. The van der Waals surface area contributed by atoms with Gasteiger partial charge in [0.05, 0.1) is 0 Å². The second-order valence-corrected chi connectivity index (χ2v) is 8.30. The minimum absolute atomic E-state index is 0.0324. The number of hydrogen-bond donors (Lipinski definition) is 4. The van der Waals surface area contributed by atoms with E-state index in [1.54, 1.807) is 14.2 Å². The zero-order chi connectivity index (χ0) is 26.2. The maximum absolute atomic E-state index is 9.64. The Balaban J connectivity index is 0.00000114. The number of aliphatic hydroxyl groups excluding tert-OH is 1. The monoisotopic (exact) mass is 484 g/mol. The fourth-order valence-electron chi connectivity index (χ4n) is 4.13. The van der Waals surface area contributed by atoms with Gasteiger partial charge in [0.25, 0.3) is 0 Å². The molecule has 35 heavy (non-hydrogen) atoms. The van der Waals surface area contributed by atoms with E-state index >= 15 is 0 Å². The van der Waals surface area contributed by atoms with Gasteiger partial charge < -0.3 is 25.4 Å². The molecule has 0 fully saturated rings. The Morgan fingerprint density at radius 2 is 1.66 bits per heavy atom. The summed E-state index contributed by atoms with van der Waals surface area (Å²) in [7, 11) is 7.33. The summed E-state index contributed by atoms with van der Waals surface area (Å²) in [6, 6.07) is 15.3. The zero-order valence-corrected chi connectivity index (χ0v) is 23.2. The highest BCUT2D eigenvalue weighted by Crippen LogP contribution is 2.33. The van der Waals surface area contributed by atoms with E-state index in [-0.39, 0.29) is 12.9 Å². The van der Waals surface area contributed by atoms with E-state index in [2.05, 4.69) is 88.9 Å². The van der Waals surface area contributed by atoms with Crippen molar-refractivity contribution in [3.8, 4) is 0 Å². The Labute approximate surface area is 213 Å². The molecule has 1 unspecified atom stereocenters. The molecule has 6 nitrogen and oxygen atoms in total. The van der Waals surface area contributed by atoms with Crippen LogP contribution in [0.1, 0.15) is 57.2 Å². The highest BCUT2D eigenvalue weighted by molar-refractivity contribution is 5.78. The summed E-state index contributed by atoms with van der Waals surface area (Å²) >= 11 is 0. The molecule has 0 saturated heterocycles. The molecule has 0 amide bonds. The van der Waals surface area contributed by atoms with Crippen molar-refractivity contribution in [2.24, 2.45) is 0 Å². The Bertz CT molecular complexity index is 881. The maximum Gasteiger partial charge on any atom is 0.155 e. The van der Waals surface area contributed by atoms with Gasteiger partial charge in [-0.05, 0) is 54.2 Å². The van der Waals surface area contributed by atoms with Gasteiger partial charge in [-0.2, -0.15) is 0 Å². The van der Waals surface area contributed by atoms with E-state index in [4.69, 9.17) is 0 Å². The summed E-state index contributed by atoms with van der Waals surface area (Å²) in [5, 5.41) is 20.2. The Hall–Kier alpha value is -2.54. The third kappa shape index (κ3) is 8.88. The molecule has 0 spiro atoms. The molecular formula is C29H48N4O2. The van der Waals surface area contributed by atoms with Crippen molar-refractivity contribution >= 4 is 17.1 Å². The summed E-state index contributed by atoms with van der Waals surface area (Å²) in [5.41, 5.74) is 8.47. The predicted octanol–water partition coefficient (Wildman–Crippen LogP) is 5.56. The number of anilines is 2. The Morgan fingerprint density at radius 3 is 2.20 bits per heavy atom. The van der Waals surface area contributed by atoms with Gasteiger partial charge >= 0.3 is 0 Å². The number of rotatable bonds is 9. The molecule has 1 atom stereocenters. The number of nitrogens with one attached hydrogen (secondary N) is 3. The molecule has 196 valence electrons. The molecule has 1 heterocycles. The molecule has 1 aliphatic rings. The van der Waals surface area contributed by atoms with Crippen molar-refractivity contribution in [3.05, 3.63) is 64.7 Å². The third-order valence-electron chi connectivity index (χ3n) is 5.81. The second-order valence-electron chi connectivity index (χ2n) is 8.30. The first kappa shape index (κ1) is 30.5. The van der Waals surface area contributed by atoms with Crippen LogP contribution in [0.3, 0.4) is 0 Å². The van der Waals surface area contributed by atoms with Crippen molar-refractivity contribution in [1.29, 1.82) is 0 Å². The fraction of sp³-hybridized carbons (Fsp3) is 0.517. The van der Waals surface area contributed by atoms with Crippen LogP contribution in [-0.2, 0) is 17.6 Å². The Kier molecular flexibility index (Phi) is 14.8. The van der Waals surface area contributed by atoms with Crippen molar-refractivity contribution < 1.29 is 9.84 Å². The lowest BCUT2D eigenvalue weighted by atomic mass is 9.97. The van der Waals surface area contributed by atoms with Gasteiger partial charge in [0.1, 0.15) is 0 Å². The van der Waals surface area contributed by atoms with Gasteiger partial charge in [-0.25, -0.2) is 0 Å². The lowest BCUT2D eigenvalue weighted by molar-refractivity contribution is 0.277. The average Bonchev–Trinajstić information content (AvgIpc) is 2.89. The first-order valence-electron chi connectivity index (χ1n) is 12.9. The number of aryl methyl sites for hydroxylation is 2. The SMILES string of the molecule is CC.CCCc1ccc(NC2NCC(CCO)=C(c3ccc(CC)cc3NC)N2C)cc1.COC. The summed E-state index contributed by atoms with van der Waals surface area (Å²) in [4.78, 5) is 2.25.